The number of rotatable bonds is 5. The van der Waals surface area contributed by atoms with Crippen LogP contribution in [-0.4, -0.2) is 24.1 Å². The second-order valence-electron chi connectivity index (χ2n) is 10.3. The molecule has 0 N–H and O–H groups in total. The number of aromatic nitrogens is 5. The highest BCUT2D eigenvalue weighted by Gasteiger charge is 2.13. The molecule has 0 atom stereocenters. The summed E-state index contributed by atoms with van der Waals surface area (Å²) in [4.78, 5) is 26.8. The van der Waals surface area contributed by atoms with Crippen molar-refractivity contribution in [2.24, 2.45) is 14.1 Å². The predicted octanol–water partition coefficient (Wildman–Crippen LogP) is 7.40. The zero-order valence-electron chi connectivity index (χ0n) is 23.3. The second-order valence-corrected chi connectivity index (χ2v) is 10.3. The van der Waals surface area contributed by atoms with E-state index in [0.29, 0.717) is 17.5 Å². The highest BCUT2D eigenvalue weighted by molar-refractivity contribution is 5.83. The zero-order valence-corrected chi connectivity index (χ0v) is 23.3. The van der Waals surface area contributed by atoms with Crippen LogP contribution in [0.1, 0.15) is 0 Å². The van der Waals surface area contributed by atoms with Crippen molar-refractivity contribution >= 4 is 11.0 Å². The number of hydrogen-bond donors (Lipinski definition) is 0. The third-order valence-electron chi connectivity index (χ3n) is 7.67. The van der Waals surface area contributed by atoms with Crippen LogP contribution in [0.15, 0.2) is 132 Å². The van der Waals surface area contributed by atoms with Gasteiger partial charge in [0.2, 0.25) is 0 Å². The fourth-order valence-electron chi connectivity index (χ4n) is 5.29. The first kappa shape index (κ1) is 25.4. The molecule has 6 nitrogen and oxygen atoms in total. The average Bonchev–Trinajstić information content (AvgIpc) is 3.28. The lowest BCUT2D eigenvalue weighted by Gasteiger charge is -2.09. The minimum atomic E-state index is -0.0225. The summed E-state index contributed by atoms with van der Waals surface area (Å²) in [6.45, 7) is 0. The van der Waals surface area contributed by atoms with Crippen LogP contribution in [-0.2, 0) is 14.1 Å². The Morgan fingerprint density at radius 3 is 1.24 bits per heavy atom. The van der Waals surface area contributed by atoms with Crippen molar-refractivity contribution in [2.75, 3.05) is 0 Å². The van der Waals surface area contributed by atoms with E-state index in [1.807, 2.05) is 73.8 Å². The molecule has 0 unspecified atom stereocenters. The Morgan fingerprint density at radius 1 is 0.405 bits per heavy atom. The smallest absolute Gasteiger partial charge is 0.295 e. The zero-order chi connectivity index (χ0) is 28.6. The fraction of sp³-hybridized carbons (Fsp3) is 0.0556. The Bertz CT molecular complexity index is 2040. The Labute approximate surface area is 243 Å². The van der Waals surface area contributed by atoms with Crippen LogP contribution in [0, 0.1) is 0 Å². The van der Waals surface area contributed by atoms with Gasteiger partial charge >= 0.3 is 5.69 Å². The van der Waals surface area contributed by atoms with Gasteiger partial charge in [-0.2, -0.15) is 0 Å². The summed E-state index contributed by atoms with van der Waals surface area (Å²) < 4.78 is 3.36. The number of benzene rings is 5. The number of aryl methyl sites for hydroxylation is 2. The third kappa shape index (κ3) is 4.59. The SMILES string of the molecule is Cn1c(=O)n(C)c2cc(-c3ccc(-c4ccc(-c5nc(-c6ccccc6)nc(-c6ccccc6)n5)cc4)cc3)ccc21. The van der Waals surface area contributed by atoms with E-state index < -0.39 is 0 Å². The maximum atomic E-state index is 12.3. The van der Waals surface area contributed by atoms with E-state index in [1.165, 1.54) is 0 Å². The van der Waals surface area contributed by atoms with E-state index in [-0.39, 0.29) is 5.69 Å². The molecule has 0 spiro atoms. The monoisotopic (exact) mass is 545 g/mol. The number of fused-ring (bicyclic) bond motifs is 1. The van der Waals surface area contributed by atoms with Crippen LogP contribution >= 0.6 is 0 Å². The average molecular weight is 546 g/mol. The first-order chi connectivity index (χ1) is 20.5. The van der Waals surface area contributed by atoms with Gasteiger partial charge in [0.1, 0.15) is 0 Å². The van der Waals surface area contributed by atoms with Gasteiger partial charge in [0.15, 0.2) is 17.5 Å². The van der Waals surface area contributed by atoms with Crippen LogP contribution in [0.5, 0.6) is 0 Å². The molecule has 7 aromatic rings. The Hall–Kier alpha value is -5.62. The summed E-state index contributed by atoms with van der Waals surface area (Å²) >= 11 is 0. The lowest BCUT2D eigenvalue weighted by molar-refractivity contribution is 0.795. The quantitative estimate of drug-likeness (QED) is 0.226. The first-order valence-corrected chi connectivity index (χ1v) is 13.8. The van der Waals surface area contributed by atoms with E-state index in [0.717, 1.165) is 50.0 Å². The molecule has 0 fully saturated rings. The highest BCUT2D eigenvalue weighted by Crippen LogP contribution is 2.29. The molecule has 42 heavy (non-hydrogen) atoms. The van der Waals surface area contributed by atoms with Gasteiger partial charge in [0.05, 0.1) is 11.0 Å². The van der Waals surface area contributed by atoms with E-state index in [4.69, 9.17) is 15.0 Å². The van der Waals surface area contributed by atoms with Gasteiger partial charge in [0, 0.05) is 30.8 Å². The summed E-state index contributed by atoms with van der Waals surface area (Å²) in [6.07, 6.45) is 0. The predicted molar refractivity (Wildman–Crippen MR) is 169 cm³/mol. The summed E-state index contributed by atoms with van der Waals surface area (Å²) in [5.74, 6) is 1.93. The molecule has 2 heterocycles. The van der Waals surface area contributed by atoms with Crippen molar-refractivity contribution in [1.29, 1.82) is 0 Å². The molecule has 2 aromatic heterocycles. The molecule has 0 saturated heterocycles. The van der Waals surface area contributed by atoms with Crippen LogP contribution < -0.4 is 5.69 Å². The molecule has 0 aliphatic rings. The fourth-order valence-corrected chi connectivity index (χ4v) is 5.29. The van der Waals surface area contributed by atoms with E-state index in [2.05, 4.69) is 60.7 Å². The summed E-state index contributed by atoms with van der Waals surface area (Å²) in [5.41, 5.74) is 9.03. The van der Waals surface area contributed by atoms with Gasteiger partial charge in [-0.1, -0.05) is 115 Å². The molecule has 0 aliphatic carbocycles. The van der Waals surface area contributed by atoms with E-state index in [9.17, 15) is 4.79 Å². The number of hydrogen-bond acceptors (Lipinski definition) is 4. The first-order valence-electron chi connectivity index (χ1n) is 13.8. The number of nitrogens with zero attached hydrogens (tertiary/aromatic N) is 5. The minimum Gasteiger partial charge on any atom is -0.295 e. The standard InChI is InChI=1S/C36H27N5O/c1-40-31-22-21-30(23-32(31)41(2)36(40)42)26-15-13-24(14-16-26)25-17-19-29(20-18-25)35-38-33(27-9-5-3-6-10-27)37-34(39-35)28-11-7-4-8-12-28/h3-23H,1-2H3. The molecular weight excluding hydrogens is 518 g/mol. The maximum Gasteiger partial charge on any atom is 0.328 e. The Balaban J connectivity index is 1.20. The minimum absolute atomic E-state index is 0.0225. The van der Waals surface area contributed by atoms with Crippen molar-refractivity contribution in [3.8, 4) is 56.4 Å². The van der Waals surface area contributed by atoms with Crippen molar-refractivity contribution in [3.63, 3.8) is 0 Å². The van der Waals surface area contributed by atoms with Crippen molar-refractivity contribution in [3.05, 3.63) is 138 Å². The van der Waals surface area contributed by atoms with Crippen molar-refractivity contribution in [2.45, 2.75) is 0 Å². The van der Waals surface area contributed by atoms with Gasteiger partial charge in [-0.3, -0.25) is 9.13 Å². The van der Waals surface area contributed by atoms with Gasteiger partial charge < -0.3 is 0 Å². The van der Waals surface area contributed by atoms with Gasteiger partial charge in [-0.15, -0.1) is 0 Å². The molecule has 7 rings (SSSR count). The maximum absolute atomic E-state index is 12.3. The van der Waals surface area contributed by atoms with Crippen LogP contribution in [0.25, 0.3) is 67.5 Å². The molecule has 6 heteroatoms. The van der Waals surface area contributed by atoms with E-state index in [1.54, 1.807) is 16.2 Å². The van der Waals surface area contributed by atoms with Crippen LogP contribution in [0.4, 0.5) is 0 Å². The van der Waals surface area contributed by atoms with Crippen molar-refractivity contribution < 1.29 is 0 Å². The Kier molecular flexibility index (Phi) is 6.28. The summed E-state index contributed by atoms with van der Waals surface area (Å²) in [7, 11) is 3.61. The highest BCUT2D eigenvalue weighted by atomic mass is 16.1. The molecule has 0 aliphatic heterocycles. The Morgan fingerprint density at radius 2 is 0.762 bits per heavy atom. The topological polar surface area (TPSA) is 65.6 Å². The molecular formula is C36H27N5O. The van der Waals surface area contributed by atoms with Gasteiger partial charge in [0.25, 0.3) is 0 Å². The molecule has 0 saturated carbocycles. The van der Waals surface area contributed by atoms with Crippen LogP contribution in [0.3, 0.4) is 0 Å². The summed E-state index contributed by atoms with van der Waals surface area (Å²) in [6, 6.07) is 42.9. The molecule has 0 radical (unpaired) electrons. The van der Waals surface area contributed by atoms with Crippen LogP contribution in [0.2, 0.25) is 0 Å². The number of imidazole rings is 1. The lowest BCUT2D eigenvalue weighted by Crippen LogP contribution is -2.19. The third-order valence-corrected chi connectivity index (χ3v) is 7.67. The van der Waals surface area contributed by atoms with Crippen molar-refractivity contribution in [1.82, 2.24) is 24.1 Å². The lowest BCUT2D eigenvalue weighted by atomic mass is 9.99. The molecule has 202 valence electrons. The second kappa shape index (κ2) is 10.4. The largest absolute Gasteiger partial charge is 0.328 e. The normalized spacial score (nSPS) is 11.2. The van der Waals surface area contributed by atoms with E-state index >= 15 is 0 Å². The molecule has 0 amide bonds. The molecule has 5 aromatic carbocycles. The van der Waals surface area contributed by atoms with Gasteiger partial charge in [-0.25, -0.2) is 19.7 Å². The summed E-state index contributed by atoms with van der Waals surface area (Å²) in [5, 5.41) is 0. The van der Waals surface area contributed by atoms with Gasteiger partial charge in [-0.05, 0) is 34.4 Å². The molecule has 0 bridgehead atoms.